The summed E-state index contributed by atoms with van der Waals surface area (Å²) in [4.78, 5) is 27.9. The maximum absolute atomic E-state index is 14.9. The van der Waals surface area contributed by atoms with Crippen molar-refractivity contribution in [3.8, 4) is 0 Å². The fourth-order valence-electron chi connectivity index (χ4n) is 3.92. The first-order valence-corrected chi connectivity index (χ1v) is 12.0. The van der Waals surface area contributed by atoms with E-state index in [4.69, 9.17) is 0 Å². The van der Waals surface area contributed by atoms with Crippen LogP contribution in [0.4, 0.5) is 10.1 Å². The van der Waals surface area contributed by atoms with Crippen molar-refractivity contribution in [2.45, 2.75) is 18.9 Å². The van der Waals surface area contributed by atoms with Gasteiger partial charge in [0.15, 0.2) is 0 Å². The Kier molecular flexibility index (Phi) is 5.31. The molecular formula is C20H24FN3O5S. The Bertz CT molecular complexity index is 1170. The number of halogens is 1. The van der Waals surface area contributed by atoms with Crippen LogP contribution in [0.15, 0.2) is 23.1 Å². The number of benzene rings is 1. The predicted molar refractivity (Wildman–Crippen MR) is 112 cm³/mol. The number of anilines is 1. The number of nitrogens with zero attached hydrogens (tertiary/aromatic N) is 3. The molecule has 1 aliphatic carbocycles. The zero-order chi connectivity index (χ0) is 21.6. The van der Waals surface area contributed by atoms with Gasteiger partial charge >= 0.3 is 5.97 Å². The smallest absolute Gasteiger partial charge is 0.341 e. The fraction of sp³-hybridized carbons (Fsp3) is 0.500. The summed E-state index contributed by atoms with van der Waals surface area (Å²) >= 11 is 0. The highest BCUT2D eigenvalue weighted by molar-refractivity contribution is 7.90. The Morgan fingerprint density at radius 2 is 1.87 bits per heavy atom. The van der Waals surface area contributed by atoms with E-state index in [0.29, 0.717) is 43.9 Å². The second-order valence-corrected chi connectivity index (χ2v) is 10.4. The van der Waals surface area contributed by atoms with Crippen LogP contribution in [0.3, 0.4) is 0 Å². The molecule has 2 heterocycles. The lowest BCUT2D eigenvalue weighted by Gasteiger charge is -2.36. The molecule has 30 heavy (non-hydrogen) atoms. The van der Waals surface area contributed by atoms with E-state index in [1.807, 2.05) is 9.80 Å². The Balaban J connectivity index is 1.64. The Morgan fingerprint density at radius 3 is 2.43 bits per heavy atom. The zero-order valence-corrected chi connectivity index (χ0v) is 17.5. The third-order valence-corrected chi connectivity index (χ3v) is 6.69. The topological polar surface area (TPSA) is 99.9 Å². The summed E-state index contributed by atoms with van der Waals surface area (Å²) in [5, 5.41) is 9.42. The van der Waals surface area contributed by atoms with E-state index >= 15 is 0 Å². The molecule has 1 aliphatic heterocycles. The molecular weight excluding hydrogens is 413 g/mol. The summed E-state index contributed by atoms with van der Waals surface area (Å²) in [5.41, 5.74) is -0.1000. The minimum atomic E-state index is -3.03. The SMILES string of the molecule is CS(=O)(=O)CCN1CCN(c2cc3c(cc2F)c(=O)c(C(=O)O)cn3C2CC2)CC1. The molecule has 2 aromatic rings. The molecule has 0 atom stereocenters. The van der Waals surface area contributed by atoms with Gasteiger partial charge in [0, 0.05) is 56.6 Å². The van der Waals surface area contributed by atoms with E-state index in [-0.39, 0.29) is 22.7 Å². The predicted octanol–water partition coefficient (Wildman–Crippen LogP) is 1.34. The lowest BCUT2D eigenvalue weighted by molar-refractivity contribution is 0.0695. The normalized spacial score (nSPS) is 18.1. The number of aromatic nitrogens is 1. The highest BCUT2D eigenvalue weighted by atomic mass is 32.2. The number of carboxylic acid groups (broad SMARTS) is 1. The number of hydrogen-bond donors (Lipinski definition) is 1. The molecule has 1 N–H and O–H groups in total. The molecule has 0 unspecified atom stereocenters. The van der Waals surface area contributed by atoms with Crippen molar-refractivity contribution in [3.63, 3.8) is 0 Å². The van der Waals surface area contributed by atoms with Crippen LogP contribution in [-0.4, -0.2) is 73.7 Å². The number of aromatic carboxylic acids is 1. The number of piperazine rings is 1. The first-order valence-electron chi connectivity index (χ1n) is 9.91. The van der Waals surface area contributed by atoms with Crippen LogP contribution in [0.1, 0.15) is 29.2 Å². The largest absolute Gasteiger partial charge is 0.477 e. The van der Waals surface area contributed by atoms with Gasteiger partial charge in [0.05, 0.1) is 17.0 Å². The summed E-state index contributed by atoms with van der Waals surface area (Å²) < 4.78 is 39.4. The van der Waals surface area contributed by atoms with Crippen LogP contribution in [0.2, 0.25) is 0 Å². The third-order valence-electron chi connectivity index (χ3n) is 5.76. The van der Waals surface area contributed by atoms with E-state index in [1.54, 1.807) is 10.6 Å². The highest BCUT2D eigenvalue weighted by Crippen LogP contribution is 2.38. The molecule has 162 valence electrons. The monoisotopic (exact) mass is 437 g/mol. The zero-order valence-electron chi connectivity index (χ0n) is 16.7. The van der Waals surface area contributed by atoms with Gasteiger partial charge in [-0.1, -0.05) is 0 Å². The number of pyridine rings is 1. The van der Waals surface area contributed by atoms with Gasteiger partial charge in [-0.25, -0.2) is 17.6 Å². The molecule has 0 amide bonds. The molecule has 0 bridgehead atoms. The van der Waals surface area contributed by atoms with E-state index < -0.39 is 27.1 Å². The average Bonchev–Trinajstić information content (AvgIpc) is 3.51. The third kappa shape index (κ3) is 4.20. The van der Waals surface area contributed by atoms with E-state index in [1.165, 1.54) is 12.5 Å². The standard InChI is InChI=1S/C20H24FN3O5S/c1-30(28,29)9-8-22-4-6-23(7-5-22)18-11-17-14(10-16(18)21)19(25)15(20(26)27)12-24(17)13-2-3-13/h10-13H,2-9H2,1H3,(H,26,27). The van der Waals surface area contributed by atoms with Crippen molar-refractivity contribution < 1.29 is 22.7 Å². The van der Waals surface area contributed by atoms with Gasteiger partial charge in [-0.3, -0.25) is 9.69 Å². The number of hydrogen-bond acceptors (Lipinski definition) is 6. The number of sulfone groups is 1. The Morgan fingerprint density at radius 1 is 1.20 bits per heavy atom. The highest BCUT2D eigenvalue weighted by Gasteiger charge is 2.28. The number of carboxylic acids is 1. The van der Waals surface area contributed by atoms with Crippen LogP contribution in [0.25, 0.3) is 10.9 Å². The lowest BCUT2D eigenvalue weighted by Crippen LogP contribution is -2.47. The summed E-state index contributed by atoms with van der Waals surface area (Å²) in [6.45, 7) is 2.74. The van der Waals surface area contributed by atoms with Crippen molar-refractivity contribution in [2.24, 2.45) is 0 Å². The number of fused-ring (bicyclic) bond motifs is 1. The van der Waals surface area contributed by atoms with Gasteiger partial charge in [0.1, 0.15) is 21.2 Å². The average molecular weight is 437 g/mol. The van der Waals surface area contributed by atoms with Crippen molar-refractivity contribution in [3.05, 3.63) is 39.9 Å². The molecule has 10 heteroatoms. The maximum atomic E-state index is 14.9. The first-order chi connectivity index (χ1) is 14.1. The minimum absolute atomic E-state index is 0.0786. The summed E-state index contributed by atoms with van der Waals surface area (Å²) in [6.07, 6.45) is 4.36. The maximum Gasteiger partial charge on any atom is 0.341 e. The number of carbonyl (C=O) groups is 1. The molecule has 8 nitrogen and oxygen atoms in total. The van der Waals surface area contributed by atoms with Crippen LogP contribution in [0, 0.1) is 5.82 Å². The number of rotatable bonds is 6. The molecule has 1 aromatic heterocycles. The molecule has 1 aromatic carbocycles. The summed E-state index contributed by atoms with van der Waals surface area (Å²) in [5.74, 6) is -1.78. The van der Waals surface area contributed by atoms with Crippen molar-refractivity contribution in [2.75, 3.05) is 49.6 Å². The van der Waals surface area contributed by atoms with Gasteiger partial charge in [0.2, 0.25) is 5.43 Å². The van der Waals surface area contributed by atoms with E-state index in [0.717, 1.165) is 18.9 Å². The molecule has 2 aliphatic rings. The Hall–Kier alpha value is -2.46. The van der Waals surface area contributed by atoms with Crippen molar-refractivity contribution in [1.82, 2.24) is 9.47 Å². The van der Waals surface area contributed by atoms with E-state index in [2.05, 4.69) is 0 Å². The minimum Gasteiger partial charge on any atom is -0.477 e. The second kappa shape index (κ2) is 7.66. The molecule has 4 rings (SSSR count). The van der Waals surface area contributed by atoms with Crippen LogP contribution < -0.4 is 10.3 Å². The molecule has 2 fully saturated rings. The molecule has 1 saturated heterocycles. The van der Waals surface area contributed by atoms with Gasteiger partial charge in [-0.05, 0) is 25.0 Å². The van der Waals surface area contributed by atoms with Crippen LogP contribution in [0.5, 0.6) is 0 Å². The van der Waals surface area contributed by atoms with Gasteiger partial charge in [-0.15, -0.1) is 0 Å². The fourth-order valence-corrected chi connectivity index (χ4v) is 4.51. The van der Waals surface area contributed by atoms with Crippen molar-refractivity contribution >= 4 is 32.4 Å². The van der Waals surface area contributed by atoms with Gasteiger partial charge in [0.25, 0.3) is 0 Å². The molecule has 1 saturated carbocycles. The summed E-state index contributed by atoms with van der Waals surface area (Å²) in [6, 6.07) is 2.91. The summed E-state index contributed by atoms with van der Waals surface area (Å²) in [7, 11) is -3.03. The van der Waals surface area contributed by atoms with Crippen molar-refractivity contribution in [1.29, 1.82) is 0 Å². The van der Waals surface area contributed by atoms with Crippen LogP contribution >= 0.6 is 0 Å². The Labute approximate surface area is 173 Å². The quantitative estimate of drug-likeness (QED) is 0.728. The second-order valence-electron chi connectivity index (χ2n) is 8.09. The van der Waals surface area contributed by atoms with Gasteiger partial charge < -0.3 is 14.6 Å². The molecule has 0 spiro atoms. The lowest BCUT2D eigenvalue weighted by atomic mass is 10.1. The molecule has 0 radical (unpaired) electrons. The van der Waals surface area contributed by atoms with Gasteiger partial charge in [-0.2, -0.15) is 0 Å². The first kappa shape index (κ1) is 20.8. The van der Waals surface area contributed by atoms with Crippen LogP contribution in [-0.2, 0) is 9.84 Å². The van der Waals surface area contributed by atoms with E-state index in [9.17, 15) is 27.5 Å².